The average molecular weight is 510 g/mol. The van der Waals surface area contributed by atoms with Crippen LogP contribution in [-0.4, -0.2) is 50.6 Å². The summed E-state index contributed by atoms with van der Waals surface area (Å²) >= 11 is 0. The molecule has 8 nitrogen and oxygen atoms in total. The van der Waals surface area contributed by atoms with Crippen LogP contribution < -0.4 is 0 Å². The molecule has 1 fully saturated rings. The Balaban J connectivity index is 1.57. The number of benzene rings is 2. The summed E-state index contributed by atoms with van der Waals surface area (Å²) < 4.78 is 0. The Bertz CT molecular complexity index is 1030. The molecule has 198 valence electrons. The van der Waals surface area contributed by atoms with E-state index in [-0.39, 0.29) is 6.54 Å². The molecule has 8 heteroatoms. The third kappa shape index (κ3) is 7.41. The van der Waals surface area contributed by atoms with Crippen LogP contribution in [0.2, 0.25) is 0 Å². The number of amides is 1. The van der Waals surface area contributed by atoms with Crippen molar-refractivity contribution in [2.45, 2.75) is 51.5 Å². The molecule has 1 amide bonds. The summed E-state index contributed by atoms with van der Waals surface area (Å²) in [5, 5.41) is 28.6. The number of hydrogen-bond acceptors (Lipinski definition) is 4. The summed E-state index contributed by atoms with van der Waals surface area (Å²) in [5.74, 6) is -11.2. The summed E-state index contributed by atoms with van der Waals surface area (Å²) in [4.78, 5) is 50.2. The third-order valence-corrected chi connectivity index (χ3v) is 7.20. The van der Waals surface area contributed by atoms with Crippen molar-refractivity contribution in [2.24, 2.45) is 23.7 Å². The van der Waals surface area contributed by atoms with Crippen LogP contribution in [0.25, 0.3) is 0 Å². The molecule has 2 aromatic carbocycles. The third-order valence-electron chi connectivity index (χ3n) is 7.20. The number of rotatable bonds is 15. The Morgan fingerprint density at radius 2 is 1.00 bits per heavy atom. The predicted molar refractivity (Wildman–Crippen MR) is 137 cm³/mol. The first-order valence-electron chi connectivity index (χ1n) is 12.9. The molecule has 0 aliphatic heterocycles. The highest BCUT2D eigenvalue weighted by molar-refractivity contribution is 5.98. The van der Waals surface area contributed by atoms with Crippen LogP contribution in [0.4, 0.5) is 0 Å². The molecule has 3 rings (SSSR count). The monoisotopic (exact) mass is 509 g/mol. The van der Waals surface area contributed by atoms with Crippen molar-refractivity contribution in [3.63, 3.8) is 0 Å². The van der Waals surface area contributed by atoms with Crippen LogP contribution in [0, 0.1) is 23.7 Å². The lowest BCUT2D eigenvalue weighted by Gasteiger charge is -2.45. The molecule has 0 heterocycles. The second-order valence-corrected chi connectivity index (χ2v) is 9.72. The molecule has 3 N–H and O–H groups in total. The first-order chi connectivity index (χ1) is 17.8. The van der Waals surface area contributed by atoms with Crippen molar-refractivity contribution in [1.29, 1.82) is 0 Å². The van der Waals surface area contributed by atoms with Crippen molar-refractivity contribution in [2.75, 3.05) is 6.54 Å². The molecule has 2 atom stereocenters. The highest BCUT2D eigenvalue weighted by atomic mass is 16.4. The van der Waals surface area contributed by atoms with Gasteiger partial charge in [0.25, 0.3) is 0 Å². The van der Waals surface area contributed by atoms with E-state index in [1.165, 1.54) is 10.5 Å². The standard InChI is InChI=1S/C29H35NO7/c31-26(22-23(27(32)33)25(29(36)37)24(22)28(34)35)30(19-21-16-10-6-11-17-21)18-12-4-2-1-3-7-13-20-14-8-5-9-15-20/h5-6,8-11,14-17,22-25H,1-4,7,12-13,18-19H2,(H,32,33)(H,34,35)(H,36,37)/t22?,23-,24-,25?/m1/s1. The Labute approximate surface area is 216 Å². The molecule has 0 bridgehead atoms. The van der Waals surface area contributed by atoms with Crippen LogP contribution in [0.15, 0.2) is 60.7 Å². The molecule has 1 aliphatic rings. The van der Waals surface area contributed by atoms with Crippen molar-refractivity contribution in [3.8, 4) is 0 Å². The van der Waals surface area contributed by atoms with E-state index in [1.54, 1.807) is 0 Å². The number of carbonyl (C=O) groups is 4. The van der Waals surface area contributed by atoms with Gasteiger partial charge in [-0.05, 0) is 30.4 Å². The summed E-state index contributed by atoms with van der Waals surface area (Å²) in [6.45, 7) is 0.564. The van der Waals surface area contributed by atoms with Crippen LogP contribution in [0.1, 0.15) is 49.7 Å². The van der Waals surface area contributed by atoms with E-state index in [9.17, 15) is 34.5 Å². The fourth-order valence-corrected chi connectivity index (χ4v) is 5.24. The van der Waals surface area contributed by atoms with Gasteiger partial charge in [-0.1, -0.05) is 86.3 Å². The van der Waals surface area contributed by atoms with Gasteiger partial charge in [0, 0.05) is 13.1 Å². The molecule has 0 unspecified atom stereocenters. The van der Waals surface area contributed by atoms with E-state index < -0.39 is 47.5 Å². The van der Waals surface area contributed by atoms with Gasteiger partial charge < -0.3 is 20.2 Å². The van der Waals surface area contributed by atoms with Gasteiger partial charge in [-0.25, -0.2) is 0 Å². The minimum atomic E-state index is -1.63. The van der Waals surface area contributed by atoms with Gasteiger partial charge in [0.2, 0.25) is 5.91 Å². The molecule has 1 aliphatic carbocycles. The quantitative estimate of drug-likeness (QED) is 0.304. The average Bonchev–Trinajstić information content (AvgIpc) is 2.84. The van der Waals surface area contributed by atoms with Gasteiger partial charge in [-0.3, -0.25) is 19.2 Å². The van der Waals surface area contributed by atoms with Crippen molar-refractivity contribution < 1.29 is 34.5 Å². The maximum Gasteiger partial charge on any atom is 0.308 e. The highest BCUT2D eigenvalue weighted by Gasteiger charge is 2.64. The number of aryl methyl sites for hydroxylation is 1. The molecular formula is C29H35NO7. The van der Waals surface area contributed by atoms with E-state index in [0.717, 1.165) is 44.1 Å². The van der Waals surface area contributed by atoms with Crippen molar-refractivity contribution >= 4 is 23.8 Å². The second-order valence-electron chi connectivity index (χ2n) is 9.72. The number of unbranched alkanes of at least 4 members (excludes halogenated alkanes) is 5. The molecule has 37 heavy (non-hydrogen) atoms. The number of carboxylic acids is 3. The summed E-state index contributed by atoms with van der Waals surface area (Å²) in [7, 11) is 0. The Hall–Kier alpha value is -3.68. The van der Waals surface area contributed by atoms with Gasteiger partial charge in [0.15, 0.2) is 0 Å². The molecule has 1 saturated carbocycles. The van der Waals surface area contributed by atoms with Crippen molar-refractivity contribution in [3.05, 3.63) is 71.8 Å². The lowest BCUT2D eigenvalue weighted by molar-refractivity contribution is -0.189. The summed E-state index contributed by atoms with van der Waals surface area (Å²) in [6.07, 6.45) is 6.93. The number of aliphatic carboxylic acids is 3. The minimum Gasteiger partial charge on any atom is -0.481 e. The number of nitrogens with zero attached hydrogens (tertiary/aromatic N) is 1. The van der Waals surface area contributed by atoms with E-state index in [4.69, 9.17) is 0 Å². The molecule has 0 spiro atoms. The molecular weight excluding hydrogens is 474 g/mol. The van der Waals surface area contributed by atoms with Crippen LogP contribution in [0.5, 0.6) is 0 Å². The van der Waals surface area contributed by atoms with Crippen LogP contribution in [-0.2, 0) is 32.1 Å². The molecule has 2 aromatic rings. The van der Waals surface area contributed by atoms with E-state index in [2.05, 4.69) is 12.1 Å². The zero-order chi connectivity index (χ0) is 26.8. The molecule has 0 radical (unpaired) electrons. The van der Waals surface area contributed by atoms with Crippen LogP contribution >= 0.6 is 0 Å². The first kappa shape index (κ1) is 27.9. The number of hydrogen-bond donors (Lipinski definition) is 3. The molecule has 0 aromatic heterocycles. The van der Waals surface area contributed by atoms with E-state index in [1.807, 2.05) is 48.5 Å². The lowest BCUT2D eigenvalue weighted by atomic mass is 9.56. The molecule has 0 saturated heterocycles. The predicted octanol–water partition coefficient (Wildman–Crippen LogP) is 4.33. The SMILES string of the molecule is O=C(O)C1[C@H](C(=O)O)C(C(=O)N(CCCCCCCCc2ccccc2)Cc2ccccc2)[C@H]1C(=O)O. The maximum atomic E-state index is 13.5. The van der Waals surface area contributed by atoms with Crippen molar-refractivity contribution in [1.82, 2.24) is 4.90 Å². The zero-order valence-electron chi connectivity index (χ0n) is 20.9. The van der Waals surface area contributed by atoms with Gasteiger partial charge in [-0.2, -0.15) is 0 Å². The Morgan fingerprint density at radius 3 is 1.51 bits per heavy atom. The van der Waals surface area contributed by atoms with Gasteiger partial charge in [-0.15, -0.1) is 0 Å². The summed E-state index contributed by atoms with van der Waals surface area (Å²) in [5.41, 5.74) is 2.17. The fourth-order valence-electron chi connectivity index (χ4n) is 5.24. The zero-order valence-corrected chi connectivity index (χ0v) is 20.9. The first-order valence-corrected chi connectivity index (χ1v) is 12.9. The number of carboxylic acid groups (broad SMARTS) is 3. The normalized spacial score (nSPS) is 20.5. The van der Waals surface area contributed by atoms with Crippen LogP contribution in [0.3, 0.4) is 0 Å². The minimum absolute atomic E-state index is 0.212. The summed E-state index contributed by atoms with van der Waals surface area (Å²) in [6, 6.07) is 19.5. The Kier molecular flexibility index (Phi) is 10.2. The topological polar surface area (TPSA) is 132 Å². The fraction of sp³-hybridized carbons (Fsp3) is 0.448. The van der Waals surface area contributed by atoms with Gasteiger partial charge in [0.05, 0.1) is 23.7 Å². The van der Waals surface area contributed by atoms with Gasteiger partial charge >= 0.3 is 17.9 Å². The smallest absolute Gasteiger partial charge is 0.308 e. The lowest BCUT2D eigenvalue weighted by Crippen LogP contribution is -2.62. The largest absolute Gasteiger partial charge is 0.481 e. The number of carbonyl (C=O) groups excluding carboxylic acids is 1. The second kappa shape index (κ2) is 13.6. The van der Waals surface area contributed by atoms with E-state index >= 15 is 0 Å². The van der Waals surface area contributed by atoms with Gasteiger partial charge in [0.1, 0.15) is 0 Å². The highest BCUT2D eigenvalue weighted by Crippen LogP contribution is 2.48. The van der Waals surface area contributed by atoms with E-state index in [0.29, 0.717) is 13.0 Å². The maximum absolute atomic E-state index is 13.5. The Morgan fingerprint density at radius 1 is 0.568 bits per heavy atom.